The molecular weight excluding hydrogens is 426 g/mol. The van der Waals surface area contributed by atoms with E-state index in [9.17, 15) is 14.7 Å². The Labute approximate surface area is 192 Å². The van der Waals surface area contributed by atoms with E-state index in [2.05, 4.69) is 16.0 Å². The minimum Gasteiger partial charge on any atom is -0.487 e. The number of urea groups is 1. The van der Waals surface area contributed by atoms with Gasteiger partial charge < -0.3 is 35.3 Å². The largest absolute Gasteiger partial charge is 0.487 e. The van der Waals surface area contributed by atoms with E-state index in [-0.39, 0.29) is 43.1 Å². The average Bonchev–Trinajstić information content (AvgIpc) is 3.17. The SMILES string of the molecule is COCCNC(=O)C[C@H]1C[C@H]2c3cc(NC(=O)Nc4ccccc4)ccc3O[C@H]2[C@H](CO)O1. The van der Waals surface area contributed by atoms with Gasteiger partial charge in [-0.15, -0.1) is 0 Å². The Hall–Kier alpha value is -3.14. The molecule has 4 rings (SSSR count). The van der Waals surface area contributed by atoms with E-state index in [4.69, 9.17) is 14.2 Å². The molecule has 9 heteroatoms. The summed E-state index contributed by atoms with van der Waals surface area (Å²) in [5.41, 5.74) is 2.26. The van der Waals surface area contributed by atoms with Crippen LogP contribution in [0.4, 0.5) is 16.2 Å². The van der Waals surface area contributed by atoms with Crippen molar-refractivity contribution >= 4 is 23.3 Å². The lowest BCUT2D eigenvalue weighted by atomic mass is 9.84. The predicted octanol–water partition coefficient (Wildman–Crippen LogP) is 2.48. The zero-order valence-corrected chi connectivity index (χ0v) is 18.5. The Morgan fingerprint density at radius 3 is 2.67 bits per heavy atom. The standard InChI is InChI=1S/C24H29N3O6/c1-31-10-9-25-22(29)13-17-12-19-18-11-16(27-24(30)26-15-5-3-2-4-6-15)7-8-20(18)33-23(19)21(14-28)32-17/h2-8,11,17,19,21,23,28H,9-10,12-14H2,1H3,(H,25,29)(H2,26,27,30)/t17-,19+,21+,23-/m1/s1. The van der Waals surface area contributed by atoms with Crippen molar-refractivity contribution in [3.05, 3.63) is 54.1 Å². The molecule has 2 aliphatic rings. The number of carbonyl (C=O) groups excluding carboxylic acids is 2. The first-order valence-electron chi connectivity index (χ1n) is 11.0. The van der Waals surface area contributed by atoms with E-state index < -0.39 is 6.10 Å². The highest BCUT2D eigenvalue weighted by Crippen LogP contribution is 2.47. The predicted molar refractivity (Wildman–Crippen MR) is 123 cm³/mol. The van der Waals surface area contributed by atoms with Gasteiger partial charge in [-0.05, 0) is 36.8 Å². The summed E-state index contributed by atoms with van der Waals surface area (Å²) in [7, 11) is 1.58. The van der Waals surface area contributed by atoms with Crippen molar-refractivity contribution in [2.75, 3.05) is 37.5 Å². The van der Waals surface area contributed by atoms with E-state index in [1.54, 1.807) is 13.2 Å². The highest BCUT2D eigenvalue weighted by Gasteiger charge is 2.46. The van der Waals surface area contributed by atoms with Crippen LogP contribution in [0.3, 0.4) is 0 Å². The molecule has 3 amide bonds. The fourth-order valence-corrected chi connectivity index (χ4v) is 4.35. The Kier molecular flexibility index (Phi) is 7.43. The number of fused-ring (bicyclic) bond motifs is 3. The number of methoxy groups -OCH3 is 1. The van der Waals surface area contributed by atoms with Gasteiger partial charge in [0.1, 0.15) is 18.0 Å². The van der Waals surface area contributed by atoms with Crippen molar-refractivity contribution in [3.63, 3.8) is 0 Å². The number of aliphatic hydroxyl groups excluding tert-OH is 1. The Morgan fingerprint density at radius 2 is 1.91 bits per heavy atom. The maximum atomic E-state index is 12.4. The molecular formula is C24H29N3O6. The van der Waals surface area contributed by atoms with Crippen LogP contribution in [0.5, 0.6) is 5.75 Å². The number of rotatable bonds is 8. The summed E-state index contributed by atoms with van der Waals surface area (Å²) in [5.74, 6) is 0.521. The van der Waals surface area contributed by atoms with Crippen LogP contribution in [0.2, 0.25) is 0 Å². The van der Waals surface area contributed by atoms with Crippen molar-refractivity contribution in [3.8, 4) is 5.75 Å². The lowest BCUT2D eigenvalue weighted by Crippen LogP contribution is -2.47. The summed E-state index contributed by atoms with van der Waals surface area (Å²) in [6.07, 6.45) is -0.461. The third-order valence-corrected chi connectivity index (χ3v) is 5.83. The molecule has 9 nitrogen and oxygen atoms in total. The number of benzene rings is 2. The highest BCUT2D eigenvalue weighted by molar-refractivity contribution is 5.99. The van der Waals surface area contributed by atoms with Gasteiger partial charge in [-0.3, -0.25) is 4.79 Å². The average molecular weight is 456 g/mol. The third-order valence-electron chi connectivity index (χ3n) is 5.83. The van der Waals surface area contributed by atoms with Crippen molar-refractivity contribution in [2.24, 2.45) is 0 Å². The van der Waals surface area contributed by atoms with Gasteiger partial charge in [0.05, 0.1) is 25.7 Å². The van der Waals surface area contributed by atoms with Gasteiger partial charge in [-0.25, -0.2) is 4.79 Å². The molecule has 2 aliphatic heterocycles. The maximum absolute atomic E-state index is 12.4. The Bertz CT molecular complexity index is 970. The molecule has 0 aliphatic carbocycles. The van der Waals surface area contributed by atoms with Crippen molar-refractivity contribution < 1.29 is 28.9 Å². The Balaban J connectivity index is 1.43. The second kappa shape index (κ2) is 10.7. The lowest BCUT2D eigenvalue weighted by molar-refractivity contribution is -0.142. The summed E-state index contributed by atoms with van der Waals surface area (Å²) in [6, 6.07) is 14.3. The molecule has 176 valence electrons. The van der Waals surface area contributed by atoms with Gasteiger partial charge in [-0.1, -0.05) is 18.2 Å². The van der Waals surface area contributed by atoms with Crippen LogP contribution in [-0.2, 0) is 14.3 Å². The molecule has 1 saturated heterocycles. The summed E-state index contributed by atoms with van der Waals surface area (Å²) in [6.45, 7) is 0.668. The highest BCUT2D eigenvalue weighted by atomic mass is 16.6. The molecule has 2 heterocycles. The summed E-state index contributed by atoms with van der Waals surface area (Å²) >= 11 is 0. The van der Waals surface area contributed by atoms with Crippen molar-refractivity contribution in [2.45, 2.75) is 37.1 Å². The number of ether oxygens (including phenoxy) is 3. The van der Waals surface area contributed by atoms with Crippen LogP contribution in [0, 0.1) is 0 Å². The van der Waals surface area contributed by atoms with E-state index in [0.29, 0.717) is 36.7 Å². The fourth-order valence-electron chi connectivity index (χ4n) is 4.35. The zero-order valence-electron chi connectivity index (χ0n) is 18.5. The molecule has 0 bridgehead atoms. The van der Waals surface area contributed by atoms with E-state index in [0.717, 1.165) is 5.56 Å². The smallest absolute Gasteiger partial charge is 0.323 e. The summed E-state index contributed by atoms with van der Waals surface area (Å²) in [4.78, 5) is 24.6. The lowest BCUT2D eigenvalue weighted by Gasteiger charge is -2.37. The number of carbonyl (C=O) groups is 2. The van der Waals surface area contributed by atoms with Gasteiger partial charge in [0.15, 0.2) is 0 Å². The number of amides is 3. The molecule has 0 radical (unpaired) electrons. The van der Waals surface area contributed by atoms with Gasteiger partial charge in [-0.2, -0.15) is 0 Å². The number of para-hydroxylation sites is 1. The summed E-state index contributed by atoms with van der Waals surface area (Å²) < 4.78 is 17.0. The number of anilines is 2. The zero-order chi connectivity index (χ0) is 23.2. The van der Waals surface area contributed by atoms with Crippen LogP contribution >= 0.6 is 0 Å². The first-order chi connectivity index (χ1) is 16.1. The Morgan fingerprint density at radius 1 is 1.12 bits per heavy atom. The van der Waals surface area contributed by atoms with Crippen molar-refractivity contribution in [1.29, 1.82) is 0 Å². The van der Waals surface area contributed by atoms with Gasteiger partial charge in [0.2, 0.25) is 5.91 Å². The maximum Gasteiger partial charge on any atom is 0.323 e. The molecule has 0 saturated carbocycles. The number of nitrogens with one attached hydrogen (secondary N) is 3. The van der Waals surface area contributed by atoms with Crippen LogP contribution in [-0.4, -0.2) is 62.2 Å². The van der Waals surface area contributed by atoms with E-state index in [1.807, 2.05) is 42.5 Å². The third kappa shape index (κ3) is 5.62. The molecule has 0 spiro atoms. The van der Waals surface area contributed by atoms with Gasteiger partial charge in [0, 0.05) is 36.5 Å². The van der Waals surface area contributed by atoms with Gasteiger partial charge in [0.25, 0.3) is 0 Å². The molecule has 4 atom stereocenters. The van der Waals surface area contributed by atoms with Crippen LogP contribution < -0.4 is 20.7 Å². The monoisotopic (exact) mass is 455 g/mol. The fraction of sp³-hybridized carbons (Fsp3) is 0.417. The number of hydrogen-bond donors (Lipinski definition) is 4. The molecule has 33 heavy (non-hydrogen) atoms. The molecule has 0 unspecified atom stereocenters. The van der Waals surface area contributed by atoms with Crippen LogP contribution in [0.1, 0.15) is 24.3 Å². The second-order valence-corrected chi connectivity index (χ2v) is 8.15. The van der Waals surface area contributed by atoms with Crippen LogP contribution in [0.15, 0.2) is 48.5 Å². The second-order valence-electron chi connectivity index (χ2n) is 8.15. The molecule has 4 N–H and O–H groups in total. The van der Waals surface area contributed by atoms with Gasteiger partial charge >= 0.3 is 6.03 Å². The molecule has 0 aromatic heterocycles. The first-order valence-corrected chi connectivity index (χ1v) is 11.0. The van der Waals surface area contributed by atoms with E-state index >= 15 is 0 Å². The minimum absolute atomic E-state index is 0.0541. The quantitative estimate of drug-likeness (QED) is 0.454. The van der Waals surface area contributed by atoms with E-state index in [1.165, 1.54) is 0 Å². The normalized spacial score (nSPS) is 23.1. The number of aliphatic hydroxyl groups is 1. The van der Waals surface area contributed by atoms with Crippen molar-refractivity contribution in [1.82, 2.24) is 5.32 Å². The minimum atomic E-state index is -0.536. The number of hydrogen-bond acceptors (Lipinski definition) is 6. The summed E-state index contributed by atoms with van der Waals surface area (Å²) in [5, 5.41) is 18.3. The van der Waals surface area contributed by atoms with Crippen LogP contribution in [0.25, 0.3) is 0 Å². The molecule has 1 fully saturated rings. The topological polar surface area (TPSA) is 118 Å². The first kappa shape index (κ1) is 23.0. The molecule has 2 aromatic rings. The molecule has 2 aromatic carbocycles.